The highest BCUT2D eigenvalue weighted by atomic mass is 14.7. The van der Waals surface area contributed by atoms with Gasteiger partial charge in [0.1, 0.15) is 0 Å². The topological polar surface area (TPSA) is 95.2 Å². The zero-order valence-corrected chi connectivity index (χ0v) is 10.3. The summed E-state index contributed by atoms with van der Waals surface area (Å²) in [6.07, 6.45) is 5.78. The number of nitrogens with zero attached hydrogens (tertiary/aromatic N) is 4. The molecule has 0 aromatic heterocycles. The molecule has 0 unspecified atom stereocenters. The third-order valence-electron chi connectivity index (χ3n) is 5.05. The van der Waals surface area contributed by atoms with Crippen LogP contribution in [0.15, 0.2) is 23.8 Å². The fourth-order valence-corrected chi connectivity index (χ4v) is 4.11. The number of hydrogen-bond donors (Lipinski definition) is 0. The Morgan fingerprint density at radius 1 is 0.895 bits per heavy atom. The Balaban J connectivity index is 2.33. The molecule has 0 radical (unpaired) electrons. The predicted molar refractivity (Wildman–Crippen MR) is 64.2 cm³/mol. The molecule has 0 amide bonds. The van der Waals surface area contributed by atoms with Crippen LogP contribution in [-0.4, -0.2) is 0 Å². The predicted octanol–water partition coefficient (Wildman–Crippen LogP) is 2.06. The van der Waals surface area contributed by atoms with Gasteiger partial charge in [0.25, 0.3) is 0 Å². The van der Waals surface area contributed by atoms with Crippen molar-refractivity contribution in [2.75, 3.05) is 0 Å². The summed E-state index contributed by atoms with van der Waals surface area (Å²) < 4.78 is 0. The first-order valence-electron chi connectivity index (χ1n) is 6.13. The van der Waals surface area contributed by atoms with Crippen molar-refractivity contribution in [2.24, 2.45) is 34.5 Å². The van der Waals surface area contributed by atoms with Gasteiger partial charge >= 0.3 is 0 Å². The lowest BCUT2D eigenvalue weighted by Gasteiger charge is -2.59. The molecule has 4 aliphatic rings. The van der Waals surface area contributed by atoms with Crippen LogP contribution in [0.4, 0.5) is 0 Å². The van der Waals surface area contributed by atoms with Crippen molar-refractivity contribution in [1.82, 2.24) is 0 Å². The summed E-state index contributed by atoms with van der Waals surface area (Å²) in [6.45, 7) is 1.98. The van der Waals surface area contributed by atoms with Gasteiger partial charge in [-0.2, -0.15) is 21.0 Å². The minimum absolute atomic E-state index is 0.115. The molecule has 19 heavy (non-hydrogen) atoms. The molecule has 90 valence electrons. The highest BCUT2D eigenvalue weighted by molar-refractivity contribution is 5.50. The zero-order chi connectivity index (χ0) is 13.8. The second-order valence-electron chi connectivity index (χ2n) is 5.51. The highest BCUT2D eigenvalue weighted by Crippen LogP contribution is 2.67. The van der Waals surface area contributed by atoms with Crippen LogP contribution in [0.1, 0.15) is 6.92 Å². The number of hydrogen-bond acceptors (Lipinski definition) is 4. The normalized spacial score (nSPS) is 38.5. The first-order valence-corrected chi connectivity index (χ1v) is 6.13. The smallest absolute Gasteiger partial charge is 0.182 e. The lowest BCUT2D eigenvalue weighted by atomic mass is 9.38. The molecule has 1 fully saturated rings. The van der Waals surface area contributed by atoms with Gasteiger partial charge in [0.05, 0.1) is 24.3 Å². The van der Waals surface area contributed by atoms with Gasteiger partial charge in [0, 0.05) is 11.8 Å². The number of rotatable bonds is 0. The van der Waals surface area contributed by atoms with E-state index in [1.54, 1.807) is 0 Å². The number of fused-ring (bicyclic) bond motifs is 1. The summed E-state index contributed by atoms with van der Waals surface area (Å²) in [5.41, 5.74) is -1.97. The molecule has 4 heteroatoms. The molecule has 0 spiro atoms. The Kier molecular flexibility index (Phi) is 1.98. The molecule has 0 aliphatic heterocycles. The molecule has 0 aromatic rings. The van der Waals surface area contributed by atoms with Gasteiger partial charge in [-0.05, 0) is 18.8 Å². The average molecular weight is 246 g/mol. The van der Waals surface area contributed by atoms with Gasteiger partial charge in [-0.3, -0.25) is 0 Å². The summed E-state index contributed by atoms with van der Waals surface area (Å²) in [5, 5.41) is 38.1. The third kappa shape index (κ3) is 0.907. The summed E-state index contributed by atoms with van der Waals surface area (Å²) >= 11 is 0. The first-order chi connectivity index (χ1) is 9.11. The van der Waals surface area contributed by atoms with E-state index in [0.29, 0.717) is 0 Å². The van der Waals surface area contributed by atoms with Gasteiger partial charge in [-0.1, -0.05) is 23.8 Å². The molecule has 0 saturated heterocycles. The highest BCUT2D eigenvalue weighted by Gasteiger charge is 2.72. The Morgan fingerprint density at radius 2 is 1.37 bits per heavy atom. The van der Waals surface area contributed by atoms with E-state index in [-0.39, 0.29) is 23.7 Å². The van der Waals surface area contributed by atoms with Crippen molar-refractivity contribution >= 4 is 0 Å². The van der Waals surface area contributed by atoms with Crippen molar-refractivity contribution in [3.8, 4) is 24.3 Å². The van der Waals surface area contributed by atoms with Crippen molar-refractivity contribution in [1.29, 1.82) is 21.0 Å². The van der Waals surface area contributed by atoms with E-state index in [1.165, 1.54) is 0 Å². The van der Waals surface area contributed by atoms with Crippen LogP contribution in [0.2, 0.25) is 0 Å². The van der Waals surface area contributed by atoms with E-state index in [4.69, 9.17) is 0 Å². The largest absolute Gasteiger partial charge is 0.196 e. The van der Waals surface area contributed by atoms with Crippen molar-refractivity contribution < 1.29 is 0 Å². The van der Waals surface area contributed by atoms with Crippen LogP contribution in [-0.2, 0) is 0 Å². The van der Waals surface area contributed by atoms with Crippen molar-refractivity contribution in [3.63, 3.8) is 0 Å². The second-order valence-corrected chi connectivity index (χ2v) is 5.51. The van der Waals surface area contributed by atoms with E-state index in [0.717, 1.165) is 5.57 Å². The zero-order valence-electron chi connectivity index (χ0n) is 10.3. The third-order valence-corrected chi connectivity index (χ3v) is 5.05. The monoisotopic (exact) mass is 246 g/mol. The Bertz CT molecular complexity index is 658. The van der Waals surface area contributed by atoms with Crippen LogP contribution in [0.5, 0.6) is 0 Å². The van der Waals surface area contributed by atoms with Crippen molar-refractivity contribution in [2.45, 2.75) is 6.92 Å². The van der Waals surface area contributed by atoms with Crippen LogP contribution < -0.4 is 0 Å². The lowest BCUT2D eigenvalue weighted by Crippen LogP contribution is -2.62. The van der Waals surface area contributed by atoms with Gasteiger partial charge < -0.3 is 0 Å². The minimum atomic E-state index is -1.56. The average Bonchev–Trinajstić information content (AvgIpc) is 2.44. The summed E-state index contributed by atoms with van der Waals surface area (Å²) in [7, 11) is 0. The van der Waals surface area contributed by atoms with E-state index in [1.807, 2.05) is 43.4 Å². The molecule has 4 rings (SSSR count). The molecule has 0 N–H and O–H groups in total. The van der Waals surface area contributed by atoms with Gasteiger partial charge in [0.2, 0.25) is 0 Å². The van der Waals surface area contributed by atoms with Crippen LogP contribution in [0.25, 0.3) is 0 Å². The fourth-order valence-electron chi connectivity index (χ4n) is 4.11. The number of allylic oxidation sites excluding steroid dienone is 4. The summed E-state index contributed by atoms with van der Waals surface area (Å²) in [6, 6.07) is 8.03. The van der Waals surface area contributed by atoms with E-state index in [9.17, 15) is 21.0 Å². The Labute approximate surface area is 111 Å². The maximum atomic E-state index is 9.55. The molecule has 0 aromatic carbocycles. The molecule has 4 atom stereocenters. The molecule has 0 heterocycles. The van der Waals surface area contributed by atoms with Crippen LogP contribution >= 0.6 is 0 Å². The molecule has 4 aliphatic carbocycles. The molecular weight excluding hydrogens is 236 g/mol. The molecule has 2 bridgehead atoms. The lowest BCUT2D eigenvalue weighted by molar-refractivity contribution is 0.00180. The summed E-state index contributed by atoms with van der Waals surface area (Å²) in [5.74, 6) is -0.476. The molecule has 1 saturated carbocycles. The molecule has 4 nitrogen and oxygen atoms in total. The van der Waals surface area contributed by atoms with Crippen molar-refractivity contribution in [3.05, 3.63) is 23.8 Å². The van der Waals surface area contributed by atoms with Crippen LogP contribution in [0.3, 0.4) is 0 Å². The standard InChI is InChI=1S/C15H10N4/c1-9-4-10-11-2-3-12(13(9)10)15(7-18,8-19)14(11,5-16)6-17/h2-4,10-13H,1H3/t10-,11-,12-,13-/m0/s1. The van der Waals surface area contributed by atoms with Crippen LogP contribution in [0, 0.1) is 79.8 Å². The maximum absolute atomic E-state index is 9.55. The number of nitriles is 4. The first kappa shape index (κ1) is 11.5. The SMILES string of the molecule is CC1=C[C@@H]2[C@H]1[C@@H]1C=C[C@@H]2C(C#N)(C#N)C1(C#N)C#N. The minimum Gasteiger partial charge on any atom is -0.196 e. The quantitative estimate of drug-likeness (QED) is 0.611. The van der Waals surface area contributed by atoms with E-state index >= 15 is 0 Å². The fraction of sp³-hybridized carbons (Fsp3) is 0.467. The Hall–Kier alpha value is -2.56. The van der Waals surface area contributed by atoms with Gasteiger partial charge in [-0.25, -0.2) is 0 Å². The van der Waals surface area contributed by atoms with E-state index < -0.39 is 10.8 Å². The molecular formula is C15H10N4. The van der Waals surface area contributed by atoms with Gasteiger partial charge in [-0.15, -0.1) is 0 Å². The van der Waals surface area contributed by atoms with E-state index in [2.05, 4.69) is 6.08 Å². The second kappa shape index (κ2) is 3.26. The summed E-state index contributed by atoms with van der Waals surface area (Å²) in [4.78, 5) is 0. The Morgan fingerprint density at radius 3 is 1.84 bits per heavy atom. The maximum Gasteiger partial charge on any atom is 0.182 e. The van der Waals surface area contributed by atoms with Gasteiger partial charge in [0.15, 0.2) is 10.8 Å².